The van der Waals surface area contributed by atoms with Crippen LogP contribution in [0.2, 0.25) is 0 Å². The van der Waals surface area contributed by atoms with Gasteiger partial charge in [-0.3, -0.25) is 9.59 Å². The number of amides is 1. The summed E-state index contributed by atoms with van der Waals surface area (Å²) in [5.41, 5.74) is 0.920. The van der Waals surface area contributed by atoms with Gasteiger partial charge in [0.2, 0.25) is 5.91 Å². The molecule has 0 N–H and O–H groups in total. The third-order valence-electron chi connectivity index (χ3n) is 4.41. The Balaban J connectivity index is 1.61. The lowest BCUT2D eigenvalue weighted by Gasteiger charge is -2.32. The SMILES string of the molecule is Cc1csc(=O)n1CCC(=O)N1CCC[C@H](c2nncn2C)C1. The highest BCUT2D eigenvalue weighted by Gasteiger charge is 2.27. The maximum atomic E-state index is 12.5. The van der Waals surface area contributed by atoms with Gasteiger partial charge in [0, 0.05) is 50.1 Å². The first-order chi connectivity index (χ1) is 11.1. The second-order valence-electron chi connectivity index (χ2n) is 6.02. The Labute approximate surface area is 138 Å². The van der Waals surface area contributed by atoms with E-state index in [9.17, 15) is 9.59 Å². The first kappa shape index (κ1) is 15.9. The van der Waals surface area contributed by atoms with Gasteiger partial charge in [-0.1, -0.05) is 11.3 Å². The van der Waals surface area contributed by atoms with E-state index in [-0.39, 0.29) is 16.7 Å². The maximum absolute atomic E-state index is 12.5. The first-order valence-electron chi connectivity index (χ1n) is 7.83. The molecule has 23 heavy (non-hydrogen) atoms. The van der Waals surface area contributed by atoms with Crippen molar-refractivity contribution in [3.05, 3.63) is 32.9 Å². The van der Waals surface area contributed by atoms with Crippen LogP contribution in [0.5, 0.6) is 0 Å². The van der Waals surface area contributed by atoms with E-state index in [1.165, 1.54) is 11.3 Å². The van der Waals surface area contributed by atoms with Crippen molar-refractivity contribution in [1.82, 2.24) is 24.2 Å². The number of carbonyl (C=O) groups excluding carboxylic acids is 1. The van der Waals surface area contributed by atoms with Crippen LogP contribution in [0.1, 0.15) is 36.7 Å². The number of hydrogen-bond donors (Lipinski definition) is 0. The fourth-order valence-corrected chi connectivity index (χ4v) is 3.88. The molecule has 1 atom stereocenters. The Morgan fingerprint density at radius 1 is 1.48 bits per heavy atom. The highest BCUT2D eigenvalue weighted by molar-refractivity contribution is 7.07. The van der Waals surface area contributed by atoms with Crippen molar-refractivity contribution in [3.8, 4) is 0 Å². The Bertz CT molecular complexity index is 747. The van der Waals surface area contributed by atoms with Gasteiger partial charge in [0.1, 0.15) is 12.2 Å². The number of hydrogen-bond acceptors (Lipinski definition) is 5. The summed E-state index contributed by atoms with van der Waals surface area (Å²) in [6.45, 7) is 3.82. The van der Waals surface area contributed by atoms with Crippen molar-refractivity contribution in [2.45, 2.75) is 38.6 Å². The van der Waals surface area contributed by atoms with Gasteiger partial charge in [-0.05, 0) is 19.8 Å². The minimum absolute atomic E-state index is 0.00547. The Morgan fingerprint density at radius 2 is 2.30 bits per heavy atom. The van der Waals surface area contributed by atoms with E-state index in [1.54, 1.807) is 10.9 Å². The molecule has 8 heteroatoms. The predicted octanol–water partition coefficient (Wildman–Crippen LogP) is 1.14. The molecule has 1 aliphatic heterocycles. The molecule has 0 saturated carbocycles. The van der Waals surface area contributed by atoms with Crippen LogP contribution >= 0.6 is 11.3 Å². The zero-order chi connectivity index (χ0) is 16.4. The van der Waals surface area contributed by atoms with Gasteiger partial charge in [-0.2, -0.15) is 0 Å². The van der Waals surface area contributed by atoms with Crippen molar-refractivity contribution in [3.63, 3.8) is 0 Å². The molecule has 124 valence electrons. The average Bonchev–Trinajstić information content (AvgIpc) is 3.11. The number of rotatable bonds is 4. The Kier molecular flexibility index (Phi) is 4.61. The maximum Gasteiger partial charge on any atom is 0.307 e. The number of aryl methyl sites for hydroxylation is 2. The molecule has 0 radical (unpaired) electrons. The van der Waals surface area contributed by atoms with Crippen molar-refractivity contribution < 1.29 is 4.79 Å². The molecule has 1 amide bonds. The van der Waals surface area contributed by atoms with Crippen LogP contribution in [0.3, 0.4) is 0 Å². The molecule has 1 saturated heterocycles. The Hall–Kier alpha value is -1.96. The molecule has 1 fully saturated rings. The van der Waals surface area contributed by atoms with Gasteiger partial charge in [-0.25, -0.2) is 0 Å². The third-order valence-corrected chi connectivity index (χ3v) is 5.29. The van der Waals surface area contributed by atoms with E-state index in [0.717, 1.165) is 30.9 Å². The standard InChI is InChI=1S/C15H21N5O2S/c1-11-9-23-15(22)20(11)7-5-13(21)19-6-3-4-12(8-19)14-17-16-10-18(14)2/h9-10,12H,3-8H2,1-2H3/t12-/m0/s1. The molecule has 2 aromatic heterocycles. The van der Waals surface area contributed by atoms with E-state index in [2.05, 4.69) is 10.2 Å². The second kappa shape index (κ2) is 6.66. The van der Waals surface area contributed by atoms with E-state index in [4.69, 9.17) is 0 Å². The molecule has 1 aliphatic rings. The summed E-state index contributed by atoms with van der Waals surface area (Å²) >= 11 is 1.18. The molecule has 0 spiro atoms. The Morgan fingerprint density at radius 3 is 2.96 bits per heavy atom. The van der Waals surface area contributed by atoms with Crippen LogP contribution in [0, 0.1) is 6.92 Å². The monoisotopic (exact) mass is 335 g/mol. The van der Waals surface area contributed by atoms with Gasteiger partial charge in [0.15, 0.2) is 0 Å². The lowest BCUT2D eigenvalue weighted by Crippen LogP contribution is -2.40. The van der Waals surface area contributed by atoms with Gasteiger partial charge in [0.05, 0.1) is 0 Å². The van der Waals surface area contributed by atoms with Crippen LogP contribution in [-0.2, 0) is 18.4 Å². The van der Waals surface area contributed by atoms with Crippen molar-refractivity contribution in [2.24, 2.45) is 7.05 Å². The van der Waals surface area contributed by atoms with Crippen molar-refractivity contribution in [1.29, 1.82) is 0 Å². The zero-order valence-electron chi connectivity index (χ0n) is 13.4. The fraction of sp³-hybridized carbons (Fsp3) is 0.600. The normalized spacial score (nSPS) is 18.3. The molecule has 3 rings (SSSR count). The molecule has 0 bridgehead atoms. The summed E-state index contributed by atoms with van der Waals surface area (Å²) in [4.78, 5) is 26.1. The quantitative estimate of drug-likeness (QED) is 0.840. The highest BCUT2D eigenvalue weighted by Crippen LogP contribution is 2.25. The van der Waals surface area contributed by atoms with E-state index < -0.39 is 0 Å². The van der Waals surface area contributed by atoms with Gasteiger partial charge in [-0.15, -0.1) is 10.2 Å². The zero-order valence-corrected chi connectivity index (χ0v) is 14.3. The van der Waals surface area contributed by atoms with Crippen LogP contribution in [0.4, 0.5) is 0 Å². The molecular formula is C15H21N5O2S. The topological polar surface area (TPSA) is 73.0 Å². The molecule has 3 heterocycles. The van der Waals surface area contributed by atoms with Crippen molar-refractivity contribution >= 4 is 17.2 Å². The highest BCUT2D eigenvalue weighted by atomic mass is 32.1. The lowest BCUT2D eigenvalue weighted by molar-refractivity contribution is -0.132. The molecule has 0 aromatic carbocycles. The number of aromatic nitrogens is 4. The van der Waals surface area contributed by atoms with Crippen LogP contribution in [-0.4, -0.2) is 43.2 Å². The molecular weight excluding hydrogens is 314 g/mol. The largest absolute Gasteiger partial charge is 0.342 e. The van der Waals surface area contributed by atoms with Gasteiger partial charge >= 0.3 is 4.87 Å². The number of thiazole rings is 1. The summed E-state index contributed by atoms with van der Waals surface area (Å²) < 4.78 is 3.60. The summed E-state index contributed by atoms with van der Waals surface area (Å²) in [5, 5.41) is 9.93. The van der Waals surface area contributed by atoms with E-state index in [1.807, 2.05) is 28.8 Å². The van der Waals surface area contributed by atoms with Crippen molar-refractivity contribution in [2.75, 3.05) is 13.1 Å². The predicted molar refractivity (Wildman–Crippen MR) is 87.5 cm³/mol. The first-order valence-corrected chi connectivity index (χ1v) is 8.71. The molecule has 7 nitrogen and oxygen atoms in total. The van der Waals surface area contributed by atoms with Crippen LogP contribution in [0.25, 0.3) is 0 Å². The second-order valence-corrected chi connectivity index (χ2v) is 6.84. The average molecular weight is 335 g/mol. The minimum atomic E-state index is 0.00547. The fourth-order valence-electron chi connectivity index (χ4n) is 3.12. The lowest BCUT2D eigenvalue weighted by atomic mass is 9.97. The third kappa shape index (κ3) is 3.36. The molecule has 0 aliphatic carbocycles. The van der Waals surface area contributed by atoms with Crippen LogP contribution < -0.4 is 4.87 Å². The number of piperidine rings is 1. The smallest absolute Gasteiger partial charge is 0.307 e. The number of carbonyl (C=O) groups is 1. The number of likely N-dealkylation sites (tertiary alicyclic amines) is 1. The van der Waals surface area contributed by atoms with E-state index >= 15 is 0 Å². The summed E-state index contributed by atoms with van der Waals surface area (Å²) in [7, 11) is 1.93. The summed E-state index contributed by atoms with van der Waals surface area (Å²) in [5.74, 6) is 1.28. The van der Waals surface area contributed by atoms with Gasteiger partial charge in [0.25, 0.3) is 0 Å². The molecule has 2 aromatic rings. The summed E-state index contributed by atoms with van der Waals surface area (Å²) in [6, 6.07) is 0. The van der Waals surface area contributed by atoms with Crippen LogP contribution in [0.15, 0.2) is 16.5 Å². The van der Waals surface area contributed by atoms with Gasteiger partial charge < -0.3 is 14.0 Å². The summed E-state index contributed by atoms with van der Waals surface area (Å²) in [6.07, 6.45) is 4.06. The van der Waals surface area contributed by atoms with E-state index in [0.29, 0.717) is 19.5 Å². The number of nitrogens with zero attached hydrogens (tertiary/aromatic N) is 5. The molecule has 0 unspecified atom stereocenters. The minimum Gasteiger partial charge on any atom is -0.342 e.